The Bertz CT molecular complexity index is 969. The molecule has 1 aromatic heterocycles. The number of carboxylic acid groups (broad SMARTS) is 1. The van der Waals surface area contributed by atoms with Crippen molar-refractivity contribution in [3.05, 3.63) is 29.5 Å². The van der Waals surface area contributed by atoms with Crippen molar-refractivity contribution in [3.63, 3.8) is 0 Å². The lowest BCUT2D eigenvalue weighted by Gasteiger charge is -2.44. The molecule has 0 radical (unpaired) electrons. The number of ether oxygens (including phenoxy) is 2. The number of likely N-dealkylation sites (tertiary alicyclic amines) is 1. The summed E-state index contributed by atoms with van der Waals surface area (Å²) in [5, 5.41) is 10.3. The van der Waals surface area contributed by atoms with E-state index in [4.69, 9.17) is 14.6 Å². The molecule has 0 saturated carbocycles. The van der Waals surface area contributed by atoms with E-state index in [0.717, 1.165) is 36.2 Å². The van der Waals surface area contributed by atoms with Crippen molar-refractivity contribution in [1.82, 2.24) is 9.88 Å². The number of rotatable bonds is 5. The van der Waals surface area contributed by atoms with Crippen molar-refractivity contribution in [2.45, 2.75) is 51.6 Å². The molecule has 2 aliphatic rings. The SMILES string of the molecule is COc1ccc2[nH]c3c(c2c1)CCOC31CCN(C(=O)CC(C)(C)CC(=O)O)CC1. The minimum atomic E-state index is -0.871. The van der Waals surface area contributed by atoms with Crippen molar-refractivity contribution in [2.75, 3.05) is 26.8 Å². The summed E-state index contributed by atoms with van der Waals surface area (Å²) in [7, 11) is 1.68. The van der Waals surface area contributed by atoms with E-state index in [-0.39, 0.29) is 18.7 Å². The van der Waals surface area contributed by atoms with Crippen LogP contribution in [-0.2, 0) is 26.3 Å². The minimum Gasteiger partial charge on any atom is -0.497 e. The predicted octanol–water partition coefficient (Wildman–Crippen LogP) is 3.46. The number of fused-ring (bicyclic) bond motifs is 4. The molecule has 0 bridgehead atoms. The summed E-state index contributed by atoms with van der Waals surface area (Å²) in [6.07, 6.45) is 2.55. The van der Waals surface area contributed by atoms with E-state index < -0.39 is 17.0 Å². The van der Waals surface area contributed by atoms with Crippen molar-refractivity contribution in [3.8, 4) is 5.75 Å². The van der Waals surface area contributed by atoms with Gasteiger partial charge in [-0.2, -0.15) is 0 Å². The smallest absolute Gasteiger partial charge is 0.303 e. The largest absolute Gasteiger partial charge is 0.497 e. The van der Waals surface area contributed by atoms with Gasteiger partial charge in [0, 0.05) is 30.4 Å². The minimum absolute atomic E-state index is 0.0124. The van der Waals surface area contributed by atoms with Crippen molar-refractivity contribution in [1.29, 1.82) is 0 Å². The Labute approximate surface area is 176 Å². The number of H-pyrrole nitrogens is 1. The summed E-state index contributed by atoms with van der Waals surface area (Å²) in [5.41, 5.74) is 2.56. The second-order valence-corrected chi connectivity index (χ2v) is 9.28. The molecule has 4 rings (SSSR count). The highest BCUT2D eigenvalue weighted by molar-refractivity contribution is 5.86. The van der Waals surface area contributed by atoms with Crippen LogP contribution in [0.15, 0.2) is 18.2 Å². The number of benzene rings is 1. The summed E-state index contributed by atoms with van der Waals surface area (Å²) in [6.45, 7) is 5.55. The number of hydrogen-bond acceptors (Lipinski definition) is 4. The molecule has 1 aromatic carbocycles. The van der Waals surface area contributed by atoms with Gasteiger partial charge in [0.1, 0.15) is 11.4 Å². The zero-order chi connectivity index (χ0) is 21.5. The monoisotopic (exact) mass is 414 g/mol. The number of nitrogens with zero attached hydrogens (tertiary/aromatic N) is 1. The molecule has 1 amide bonds. The molecule has 7 heteroatoms. The van der Waals surface area contributed by atoms with Crippen LogP contribution in [0.3, 0.4) is 0 Å². The highest BCUT2D eigenvalue weighted by Crippen LogP contribution is 2.44. The second-order valence-electron chi connectivity index (χ2n) is 9.28. The third-order valence-electron chi connectivity index (χ3n) is 6.48. The van der Waals surface area contributed by atoms with E-state index in [0.29, 0.717) is 19.7 Å². The molecule has 7 nitrogen and oxygen atoms in total. The van der Waals surface area contributed by atoms with Gasteiger partial charge < -0.3 is 24.5 Å². The highest BCUT2D eigenvalue weighted by Gasteiger charge is 2.44. The fourth-order valence-corrected chi connectivity index (χ4v) is 4.93. The number of piperidine rings is 1. The lowest BCUT2D eigenvalue weighted by molar-refractivity contribution is -0.144. The van der Waals surface area contributed by atoms with Gasteiger partial charge in [0.15, 0.2) is 0 Å². The lowest BCUT2D eigenvalue weighted by atomic mass is 9.82. The normalized spacial score (nSPS) is 18.4. The first kappa shape index (κ1) is 20.7. The first-order chi connectivity index (χ1) is 14.2. The maximum atomic E-state index is 12.8. The van der Waals surface area contributed by atoms with E-state index in [1.165, 1.54) is 10.9 Å². The van der Waals surface area contributed by atoms with Crippen LogP contribution in [0, 0.1) is 5.41 Å². The maximum absolute atomic E-state index is 12.8. The quantitative estimate of drug-likeness (QED) is 0.782. The molecule has 3 heterocycles. The van der Waals surface area contributed by atoms with Gasteiger partial charge in [-0.25, -0.2) is 0 Å². The van der Waals surface area contributed by atoms with Crippen LogP contribution >= 0.6 is 0 Å². The van der Waals surface area contributed by atoms with Crippen LogP contribution in [0.25, 0.3) is 10.9 Å². The molecular weight excluding hydrogens is 384 g/mol. The van der Waals surface area contributed by atoms with Gasteiger partial charge >= 0.3 is 5.97 Å². The standard InChI is InChI=1S/C23H30N2O5/c1-22(2,14-20(27)28)13-19(26)25-9-7-23(8-10-25)21-16(6-11-30-23)17-12-15(29-3)4-5-18(17)24-21/h4-5,12,24H,6-11,13-14H2,1-3H3,(H,27,28). The van der Waals surface area contributed by atoms with Gasteiger partial charge in [0.25, 0.3) is 0 Å². The zero-order valence-electron chi connectivity index (χ0n) is 17.9. The Morgan fingerprint density at radius 3 is 2.67 bits per heavy atom. The average molecular weight is 415 g/mol. The summed E-state index contributed by atoms with van der Waals surface area (Å²) >= 11 is 0. The molecule has 2 aromatic rings. The molecule has 2 N–H and O–H groups in total. The first-order valence-corrected chi connectivity index (χ1v) is 10.6. The number of aromatic amines is 1. The first-order valence-electron chi connectivity index (χ1n) is 10.6. The number of methoxy groups -OCH3 is 1. The van der Waals surface area contributed by atoms with E-state index >= 15 is 0 Å². The molecular formula is C23H30N2O5. The van der Waals surface area contributed by atoms with Crippen LogP contribution in [-0.4, -0.2) is 53.7 Å². The number of amides is 1. The van der Waals surface area contributed by atoms with Crippen LogP contribution in [0.1, 0.15) is 50.8 Å². The fraction of sp³-hybridized carbons (Fsp3) is 0.565. The topological polar surface area (TPSA) is 91.9 Å². The third kappa shape index (κ3) is 3.78. The molecule has 162 valence electrons. The van der Waals surface area contributed by atoms with Crippen molar-refractivity contribution >= 4 is 22.8 Å². The van der Waals surface area contributed by atoms with Gasteiger partial charge in [-0.3, -0.25) is 9.59 Å². The number of carbonyl (C=O) groups excluding carboxylic acids is 1. The third-order valence-corrected chi connectivity index (χ3v) is 6.48. The maximum Gasteiger partial charge on any atom is 0.303 e. The fourth-order valence-electron chi connectivity index (χ4n) is 4.93. The van der Waals surface area contributed by atoms with Crippen LogP contribution in [0.2, 0.25) is 0 Å². The van der Waals surface area contributed by atoms with Gasteiger partial charge in [0.2, 0.25) is 5.91 Å². The number of hydrogen-bond donors (Lipinski definition) is 2. The van der Waals surface area contributed by atoms with Crippen LogP contribution in [0.5, 0.6) is 5.75 Å². The molecule has 1 saturated heterocycles. The summed E-state index contributed by atoms with van der Waals surface area (Å²) in [4.78, 5) is 29.3. The van der Waals surface area contributed by atoms with E-state index in [9.17, 15) is 9.59 Å². The van der Waals surface area contributed by atoms with Gasteiger partial charge in [-0.05, 0) is 48.4 Å². The summed E-state index contributed by atoms with van der Waals surface area (Å²) in [6, 6.07) is 6.08. The Kier molecular flexibility index (Phi) is 5.26. The number of nitrogens with one attached hydrogen (secondary N) is 1. The second kappa shape index (κ2) is 7.61. The Morgan fingerprint density at radius 2 is 2.00 bits per heavy atom. The molecule has 1 fully saturated rings. The van der Waals surface area contributed by atoms with Crippen molar-refractivity contribution < 1.29 is 24.2 Å². The predicted molar refractivity (Wildman–Crippen MR) is 113 cm³/mol. The molecule has 0 unspecified atom stereocenters. The van der Waals surface area contributed by atoms with Crippen LogP contribution < -0.4 is 4.74 Å². The van der Waals surface area contributed by atoms with Crippen LogP contribution in [0.4, 0.5) is 0 Å². The molecule has 1 spiro atoms. The molecule has 0 atom stereocenters. The van der Waals surface area contributed by atoms with Crippen molar-refractivity contribution in [2.24, 2.45) is 5.41 Å². The number of aromatic nitrogens is 1. The van der Waals surface area contributed by atoms with E-state index in [1.54, 1.807) is 7.11 Å². The zero-order valence-corrected chi connectivity index (χ0v) is 17.9. The summed E-state index contributed by atoms with van der Waals surface area (Å²) in [5.74, 6) is -0.00766. The number of carbonyl (C=O) groups is 2. The Morgan fingerprint density at radius 1 is 1.27 bits per heavy atom. The molecule has 30 heavy (non-hydrogen) atoms. The summed E-state index contributed by atoms with van der Waals surface area (Å²) < 4.78 is 11.7. The number of carboxylic acids is 1. The molecule has 0 aliphatic carbocycles. The molecule has 2 aliphatic heterocycles. The highest BCUT2D eigenvalue weighted by atomic mass is 16.5. The lowest BCUT2D eigenvalue weighted by Crippen LogP contribution is -2.49. The average Bonchev–Trinajstić information content (AvgIpc) is 3.06. The van der Waals surface area contributed by atoms with E-state index in [2.05, 4.69) is 11.1 Å². The number of aliphatic carboxylic acids is 1. The van der Waals surface area contributed by atoms with Gasteiger partial charge in [-0.15, -0.1) is 0 Å². The van der Waals surface area contributed by atoms with E-state index in [1.807, 2.05) is 30.9 Å². The van der Waals surface area contributed by atoms with Gasteiger partial charge in [-0.1, -0.05) is 13.8 Å². The van der Waals surface area contributed by atoms with Gasteiger partial charge in [0.05, 0.1) is 25.8 Å². The Hall–Kier alpha value is -2.54. The Balaban J connectivity index is 1.51.